The van der Waals surface area contributed by atoms with Crippen molar-refractivity contribution in [2.75, 3.05) is 6.61 Å². The van der Waals surface area contributed by atoms with Crippen molar-refractivity contribution >= 4 is 22.6 Å². The highest BCUT2D eigenvalue weighted by molar-refractivity contribution is 5.93. The topological polar surface area (TPSA) is 107 Å². The Labute approximate surface area is 171 Å². The number of esters is 1. The van der Waals surface area contributed by atoms with Gasteiger partial charge < -0.3 is 13.9 Å². The summed E-state index contributed by atoms with van der Waals surface area (Å²) in [6, 6.07) is 5.08. The molecule has 0 amide bonds. The molecule has 0 fully saturated rings. The van der Waals surface area contributed by atoms with Gasteiger partial charge in [0.15, 0.2) is 0 Å². The van der Waals surface area contributed by atoms with E-state index in [-0.39, 0.29) is 28.6 Å². The zero-order valence-corrected chi connectivity index (χ0v) is 16.8. The Morgan fingerprint density at radius 1 is 1.23 bits per heavy atom. The maximum atomic E-state index is 13.2. The third-order valence-electron chi connectivity index (χ3n) is 4.99. The van der Waals surface area contributed by atoms with Crippen LogP contribution in [0.1, 0.15) is 29.3 Å². The van der Waals surface area contributed by atoms with Gasteiger partial charge >= 0.3 is 5.97 Å². The molecule has 30 heavy (non-hydrogen) atoms. The summed E-state index contributed by atoms with van der Waals surface area (Å²) in [5.41, 5.74) is 1.52. The SMILES string of the molecule is CCOC(=O)c1cc2c(=O)n3cccc(C)c3nc2n(CCCn2ccnc2)c1=N. The van der Waals surface area contributed by atoms with E-state index in [1.54, 1.807) is 36.3 Å². The minimum atomic E-state index is -0.624. The lowest BCUT2D eigenvalue weighted by molar-refractivity contribution is 0.0523. The van der Waals surface area contributed by atoms with E-state index in [1.807, 2.05) is 23.8 Å². The van der Waals surface area contributed by atoms with Gasteiger partial charge in [0.05, 0.1) is 18.3 Å². The molecule has 0 aliphatic rings. The van der Waals surface area contributed by atoms with E-state index >= 15 is 0 Å². The molecule has 4 rings (SSSR count). The fraction of sp³-hybridized carbons (Fsp3) is 0.286. The van der Waals surface area contributed by atoms with E-state index in [0.29, 0.717) is 30.8 Å². The first-order valence-corrected chi connectivity index (χ1v) is 9.74. The van der Waals surface area contributed by atoms with Crippen LogP contribution < -0.4 is 11.0 Å². The van der Waals surface area contributed by atoms with Crippen LogP contribution in [0, 0.1) is 12.3 Å². The molecule has 0 aliphatic carbocycles. The molecule has 9 heteroatoms. The van der Waals surface area contributed by atoms with Crippen molar-refractivity contribution in [3.63, 3.8) is 0 Å². The Kier molecular flexibility index (Phi) is 5.18. The maximum absolute atomic E-state index is 13.2. The normalized spacial score (nSPS) is 11.3. The number of aromatic nitrogens is 5. The molecule has 0 aliphatic heterocycles. The lowest BCUT2D eigenvalue weighted by Gasteiger charge is -2.15. The molecule has 1 N–H and O–H groups in total. The van der Waals surface area contributed by atoms with Gasteiger partial charge in [0.1, 0.15) is 22.3 Å². The van der Waals surface area contributed by atoms with Gasteiger partial charge in [-0.25, -0.2) is 14.8 Å². The third kappa shape index (κ3) is 3.38. The number of hydrogen-bond donors (Lipinski definition) is 1. The zero-order chi connectivity index (χ0) is 21.3. The van der Waals surface area contributed by atoms with Gasteiger partial charge in [0, 0.05) is 31.7 Å². The van der Waals surface area contributed by atoms with Crippen LogP contribution in [0.5, 0.6) is 0 Å². The summed E-state index contributed by atoms with van der Waals surface area (Å²) < 4.78 is 10.1. The number of pyridine rings is 2. The Hall–Kier alpha value is -3.75. The number of carbonyl (C=O) groups is 1. The van der Waals surface area contributed by atoms with Crippen LogP contribution in [0.2, 0.25) is 0 Å². The molecule has 0 unspecified atom stereocenters. The first kappa shape index (κ1) is 19.6. The molecule has 0 bridgehead atoms. The predicted molar refractivity (Wildman–Crippen MR) is 110 cm³/mol. The Morgan fingerprint density at radius 3 is 2.80 bits per heavy atom. The molecule has 0 saturated carbocycles. The monoisotopic (exact) mass is 406 g/mol. The van der Waals surface area contributed by atoms with Crippen LogP contribution in [0.15, 0.2) is 47.9 Å². The van der Waals surface area contributed by atoms with Gasteiger partial charge in [-0.2, -0.15) is 0 Å². The van der Waals surface area contributed by atoms with Crippen molar-refractivity contribution in [3.05, 3.63) is 70.1 Å². The molecule has 154 valence electrons. The van der Waals surface area contributed by atoms with E-state index in [2.05, 4.69) is 4.98 Å². The highest BCUT2D eigenvalue weighted by Crippen LogP contribution is 2.13. The van der Waals surface area contributed by atoms with Gasteiger partial charge in [-0.05, 0) is 38.0 Å². The van der Waals surface area contributed by atoms with Gasteiger partial charge in [0.25, 0.3) is 5.56 Å². The fourth-order valence-corrected chi connectivity index (χ4v) is 3.51. The molecule has 0 spiro atoms. The number of nitrogens with zero attached hydrogens (tertiary/aromatic N) is 5. The van der Waals surface area contributed by atoms with Crippen molar-refractivity contribution in [2.24, 2.45) is 0 Å². The van der Waals surface area contributed by atoms with Gasteiger partial charge in [-0.1, -0.05) is 6.07 Å². The van der Waals surface area contributed by atoms with Gasteiger partial charge in [-0.15, -0.1) is 0 Å². The first-order chi connectivity index (χ1) is 14.5. The minimum Gasteiger partial charge on any atom is -0.462 e. The smallest absolute Gasteiger partial charge is 0.341 e. The lowest BCUT2D eigenvalue weighted by Crippen LogP contribution is -2.31. The molecule has 9 nitrogen and oxygen atoms in total. The van der Waals surface area contributed by atoms with Crippen LogP contribution in [0.25, 0.3) is 16.7 Å². The molecule has 0 atom stereocenters. The summed E-state index contributed by atoms with van der Waals surface area (Å²) in [6.07, 6.45) is 7.61. The van der Waals surface area contributed by atoms with Crippen molar-refractivity contribution in [3.8, 4) is 0 Å². The van der Waals surface area contributed by atoms with Crippen molar-refractivity contribution in [1.29, 1.82) is 5.41 Å². The van der Waals surface area contributed by atoms with E-state index in [9.17, 15) is 9.59 Å². The van der Waals surface area contributed by atoms with Crippen LogP contribution in [-0.4, -0.2) is 36.1 Å². The number of hydrogen-bond acceptors (Lipinski definition) is 6. The third-order valence-corrected chi connectivity index (χ3v) is 4.99. The molecule has 4 heterocycles. The molecular weight excluding hydrogens is 384 g/mol. The number of ether oxygens (including phenoxy) is 1. The lowest BCUT2D eigenvalue weighted by atomic mass is 10.2. The largest absolute Gasteiger partial charge is 0.462 e. The quantitative estimate of drug-likeness (QED) is 0.389. The van der Waals surface area contributed by atoms with Crippen molar-refractivity contribution < 1.29 is 9.53 Å². The molecule has 4 aromatic rings. The number of aryl methyl sites for hydroxylation is 3. The summed E-state index contributed by atoms with van der Waals surface area (Å²) in [4.78, 5) is 34.4. The average molecular weight is 406 g/mol. The minimum absolute atomic E-state index is 0.0172. The Balaban J connectivity index is 1.92. The molecule has 0 aromatic carbocycles. The molecule has 0 saturated heterocycles. The number of nitrogens with one attached hydrogen (secondary N) is 1. The number of carbonyl (C=O) groups excluding carboxylic acids is 1. The van der Waals surface area contributed by atoms with Crippen LogP contribution in [0.3, 0.4) is 0 Å². The molecule has 0 radical (unpaired) electrons. The summed E-state index contributed by atoms with van der Waals surface area (Å²) in [5.74, 6) is -0.624. The van der Waals surface area contributed by atoms with E-state index in [0.717, 1.165) is 5.56 Å². The summed E-state index contributed by atoms with van der Waals surface area (Å²) >= 11 is 0. The average Bonchev–Trinajstić information content (AvgIpc) is 3.24. The number of imidazole rings is 1. The van der Waals surface area contributed by atoms with Crippen LogP contribution in [-0.2, 0) is 17.8 Å². The van der Waals surface area contributed by atoms with E-state index in [1.165, 1.54) is 10.5 Å². The second-order valence-corrected chi connectivity index (χ2v) is 6.97. The number of rotatable bonds is 6. The Morgan fingerprint density at radius 2 is 2.07 bits per heavy atom. The number of fused-ring (bicyclic) bond motifs is 2. The summed E-state index contributed by atoms with van der Waals surface area (Å²) in [6.45, 7) is 4.86. The van der Waals surface area contributed by atoms with Crippen LogP contribution >= 0.6 is 0 Å². The second-order valence-electron chi connectivity index (χ2n) is 6.97. The summed E-state index contributed by atoms with van der Waals surface area (Å²) in [7, 11) is 0. The first-order valence-electron chi connectivity index (χ1n) is 9.74. The van der Waals surface area contributed by atoms with Crippen molar-refractivity contribution in [2.45, 2.75) is 33.4 Å². The van der Waals surface area contributed by atoms with Crippen molar-refractivity contribution in [1.82, 2.24) is 23.5 Å². The molecule has 4 aromatic heterocycles. The van der Waals surface area contributed by atoms with Gasteiger partial charge in [-0.3, -0.25) is 14.6 Å². The summed E-state index contributed by atoms with van der Waals surface area (Å²) in [5, 5.41) is 8.89. The zero-order valence-electron chi connectivity index (χ0n) is 16.8. The van der Waals surface area contributed by atoms with Crippen LogP contribution in [0.4, 0.5) is 0 Å². The second kappa shape index (κ2) is 7.94. The maximum Gasteiger partial charge on any atom is 0.341 e. The molecular formula is C21H22N6O3. The fourth-order valence-electron chi connectivity index (χ4n) is 3.51. The highest BCUT2D eigenvalue weighted by Gasteiger charge is 2.18. The standard InChI is InChI=1S/C21H22N6O3/c1-3-30-21(29)15-12-16-19(24-18-14(2)6-4-9-27(18)20(16)28)26(17(15)22)10-5-8-25-11-7-23-13-25/h4,6-7,9,11-13,22H,3,5,8,10H2,1-2H3. The van der Waals surface area contributed by atoms with E-state index < -0.39 is 5.97 Å². The van der Waals surface area contributed by atoms with E-state index in [4.69, 9.17) is 15.1 Å². The van der Waals surface area contributed by atoms with Gasteiger partial charge in [0.2, 0.25) is 0 Å². The highest BCUT2D eigenvalue weighted by atomic mass is 16.5. The Bertz CT molecular complexity index is 1350. The predicted octanol–water partition coefficient (Wildman–Crippen LogP) is 1.90.